The van der Waals surface area contributed by atoms with Crippen molar-refractivity contribution in [2.24, 2.45) is 0 Å². The van der Waals surface area contributed by atoms with Gasteiger partial charge in [-0.1, -0.05) is 41.4 Å². The summed E-state index contributed by atoms with van der Waals surface area (Å²) < 4.78 is 5.60. The first-order valence-corrected chi connectivity index (χ1v) is 9.65. The predicted octanol–water partition coefficient (Wildman–Crippen LogP) is 3.95. The van der Waals surface area contributed by atoms with E-state index in [2.05, 4.69) is 34.1 Å². The first-order valence-electron chi connectivity index (χ1n) is 8.90. The van der Waals surface area contributed by atoms with Crippen molar-refractivity contribution in [1.82, 2.24) is 4.90 Å². The number of aliphatic hydroxyl groups excluding tert-OH is 1. The third-order valence-corrected chi connectivity index (χ3v) is 5.34. The number of halogens is 2. The van der Waals surface area contributed by atoms with Gasteiger partial charge in [0.1, 0.15) is 12.4 Å². The number of benzene rings is 2. The van der Waals surface area contributed by atoms with Crippen LogP contribution in [0.4, 0.5) is 5.69 Å². The van der Waals surface area contributed by atoms with Gasteiger partial charge in [0.15, 0.2) is 0 Å². The molecule has 1 N–H and O–H groups in total. The molecule has 0 spiro atoms. The molecule has 0 aromatic heterocycles. The molecule has 0 bridgehead atoms. The Hall–Kier alpha value is -1.46. The molecular weight excluding hydrogens is 371 g/mol. The zero-order chi connectivity index (χ0) is 18.4. The molecule has 0 aliphatic carbocycles. The molecule has 0 radical (unpaired) electrons. The maximum Gasteiger partial charge on any atom is 0.121 e. The lowest BCUT2D eigenvalue weighted by atomic mass is 10.2. The lowest BCUT2D eigenvalue weighted by Crippen LogP contribution is -2.47. The number of para-hydroxylation sites is 1. The summed E-state index contributed by atoms with van der Waals surface area (Å²) in [6.45, 7) is 5.17. The van der Waals surface area contributed by atoms with E-state index in [0.717, 1.165) is 32.7 Å². The fourth-order valence-electron chi connectivity index (χ4n) is 3.04. The monoisotopic (exact) mass is 394 g/mol. The van der Waals surface area contributed by atoms with Gasteiger partial charge in [-0.2, -0.15) is 0 Å². The second-order valence-electron chi connectivity index (χ2n) is 6.49. The van der Waals surface area contributed by atoms with E-state index in [-0.39, 0.29) is 6.61 Å². The number of rotatable bonds is 7. The molecule has 1 atom stereocenters. The minimum atomic E-state index is -0.503. The standard InChI is InChI=1S/C20H24Cl2N2O2/c21-19-7-6-18(14-20(19)22)26-15-17(25)8-9-23-10-12-24(13-11-23)16-4-2-1-3-5-16/h1-7,14,17,25H,8-13,15H2. The van der Waals surface area contributed by atoms with Crippen molar-refractivity contribution >= 4 is 28.9 Å². The highest BCUT2D eigenvalue weighted by Gasteiger charge is 2.18. The second-order valence-corrected chi connectivity index (χ2v) is 7.31. The Bertz CT molecular complexity index is 691. The molecule has 1 unspecified atom stereocenters. The van der Waals surface area contributed by atoms with Gasteiger partial charge < -0.3 is 14.7 Å². The van der Waals surface area contributed by atoms with Gasteiger partial charge in [-0.15, -0.1) is 0 Å². The summed E-state index contributed by atoms with van der Waals surface area (Å²) in [5.41, 5.74) is 1.28. The number of anilines is 1. The van der Waals surface area contributed by atoms with E-state index in [1.165, 1.54) is 5.69 Å². The molecule has 2 aromatic rings. The maximum absolute atomic E-state index is 10.2. The number of nitrogens with zero attached hydrogens (tertiary/aromatic N) is 2. The minimum Gasteiger partial charge on any atom is -0.491 e. The van der Waals surface area contributed by atoms with Gasteiger partial charge in [-0.05, 0) is 30.7 Å². The van der Waals surface area contributed by atoms with Crippen LogP contribution in [0.3, 0.4) is 0 Å². The zero-order valence-electron chi connectivity index (χ0n) is 14.7. The molecule has 1 aliphatic heterocycles. The van der Waals surface area contributed by atoms with Gasteiger partial charge in [0.2, 0.25) is 0 Å². The summed E-state index contributed by atoms with van der Waals surface area (Å²) >= 11 is 11.8. The Labute approximate surface area is 164 Å². The van der Waals surface area contributed by atoms with E-state index >= 15 is 0 Å². The van der Waals surface area contributed by atoms with Gasteiger partial charge in [-0.25, -0.2) is 0 Å². The number of aliphatic hydroxyl groups is 1. The molecule has 26 heavy (non-hydrogen) atoms. The van der Waals surface area contributed by atoms with E-state index in [4.69, 9.17) is 27.9 Å². The molecule has 6 heteroatoms. The van der Waals surface area contributed by atoms with Crippen molar-refractivity contribution in [3.05, 3.63) is 58.6 Å². The van der Waals surface area contributed by atoms with Crippen molar-refractivity contribution < 1.29 is 9.84 Å². The van der Waals surface area contributed by atoms with Crippen LogP contribution in [0.15, 0.2) is 48.5 Å². The normalized spacial score (nSPS) is 16.5. The van der Waals surface area contributed by atoms with Crippen molar-refractivity contribution in [2.75, 3.05) is 44.2 Å². The lowest BCUT2D eigenvalue weighted by Gasteiger charge is -2.36. The smallest absolute Gasteiger partial charge is 0.121 e. The maximum atomic E-state index is 10.2. The summed E-state index contributed by atoms with van der Waals surface area (Å²) in [4.78, 5) is 4.79. The fraction of sp³-hybridized carbons (Fsp3) is 0.400. The molecule has 1 aliphatic rings. The van der Waals surface area contributed by atoms with Crippen LogP contribution in [0.5, 0.6) is 5.75 Å². The first-order chi connectivity index (χ1) is 12.6. The van der Waals surface area contributed by atoms with Crippen LogP contribution in [-0.2, 0) is 0 Å². The number of hydrogen-bond donors (Lipinski definition) is 1. The molecule has 4 nitrogen and oxygen atoms in total. The van der Waals surface area contributed by atoms with Crippen molar-refractivity contribution in [3.8, 4) is 5.75 Å². The lowest BCUT2D eigenvalue weighted by molar-refractivity contribution is 0.0866. The molecule has 1 heterocycles. The van der Waals surface area contributed by atoms with Crippen molar-refractivity contribution in [3.63, 3.8) is 0 Å². The summed E-state index contributed by atoms with van der Waals surface area (Å²) in [5, 5.41) is 11.1. The number of hydrogen-bond acceptors (Lipinski definition) is 4. The van der Waals surface area contributed by atoms with Crippen LogP contribution in [0.2, 0.25) is 10.0 Å². The molecular formula is C20H24Cl2N2O2. The third kappa shape index (κ3) is 5.52. The molecule has 0 saturated carbocycles. The molecule has 140 valence electrons. The van der Waals surface area contributed by atoms with E-state index in [0.29, 0.717) is 22.2 Å². The minimum absolute atomic E-state index is 0.252. The van der Waals surface area contributed by atoms with E-state index in [1.54, 1.807) is 18.2 Å². The highest BCUT2D eigenvalue weighted by molar-refractivity contribution is 6.42. The number of ether oxygens (including phenoxy) is 1. The molecule has 2 aromatic carbocycles. The fourth-order valence-corrected chi connectivity index (χ4v) is 3.33. The van der Waals surface area contributed by atoms with Crippen LogP contribution in [-0.4, -0.2) is 55.4 Å². The van der Waals surface area contributed by atoms with E-state index < -0.39 is 6.10 Å². The average Bonchev–Trinajstić information content (AvgIpc) is 2.68. The zero-order valence-corrected chi connectivity index (χ0v) is 16.2. The van der Waals surface area contributed by atoms with E-state index in [1.807, 2.05) is 6.07 Å². The van der Waals surface area contributed by atoms with Gasteiger partial charge in [0.05, 0.1) is 16.1 Å². The SMILES string of the molecule is OC(CCN1CCN(c2ccccc2)CC1)COc1ccc(Cl)c(Cl)c1. The van der Waals surface area contributed by atoms with Crippen molar-refractivity contribution in [1.29, 1.82) is 0 Å². The van der Waals surface area contributed by atoms with Gasteiger partial charge in [-0.3, -0.25) is 4.90 Å². The van der Waals surface area contributed by atoms with Gasteiger partial charge in [0.25, 0.3) is 0 Å². The van der Waals surface area contributed by atoms with Crippen LogP contribution in [0, 0.1) is 0 Å². The summed E-state index contributed by atoms with van der Waals surface area (Å²) in [7, 11) is 0. The quantitative estimate of drug-likeness (QED) is 0.770. The van der Waals surface area contributed by atoms with Gasteiger partial charge >= 0.3 is 0 Å². The Kier molecular flexibility index (Phi) is 7.03. The largest absolute Gasteiger partial charge is 0.491 e. The van der Waals surface area contributed by atoms with Crippen LogP contribution < -0.4 is 9.64 Å². The van der Waals surface area contributed by atoms with Crippen LogP contribution in [0.25, 0.3) is 0 Å². The Balaban J connectivity index is 1.36. The summed E-state index contributed by atoms with van der Waals surface area (Å²) in [5.74, 6) is 0.620. The second kappa shape index (κ2) is 9.47. The molecule has 1 saturated heterocycles. The topological polar surface area (TPSA) is 35.9 Å². The Morgan fingerprint density at radius 2 is 1.69 bits per heavy atom. The Morgan fingerprint density at radius 3 is 2.38 bits per heavy atom. The van der Waals surface area contributed by atoms with Crippen LogP contribution >= 0.6 is 23.2 Å². The number of piperazine rings is 1. The third-order valence-electron chi connectivity index (χ3n) is 4.61. The van der Waals surface area contributed by atoms with Crippen molar-refractivity contribution in [2.45, 2.75) is 12.5 Å². The van der Waals surface area contributed by atoms with Gasteiger partial charge in [0, 0.05) is 44.5 Å². The highest BCUT2D eigenvalue weighted by atomic mass is 35.5. The Morgan fingerprint density at radius 1 is 0.962 bits per heavy atom. The first kappa shape index (κ1) is 19.3. The highest BCUT2D eigenvalue weighted by Crippen LogP contribution is 2.26. The van der Waals surface area contributed by atoms with Crippen LogP contribution in [0.1, 0.15) is 6.42 Å². The average molecular weight is 395 g/mol. The molecule has 1 fully saturated rings. The summed E-state index contributed by atoms with van der Waals surface area (Å²) in [6, 6.07) is 15.6. The molecule has 0 amide bonds. The summed E-state index contributed by atoms with van der Waals surface area (Å²) in [6.07, 6.45) is 0.184. The van der Waals surface area contributed by atoms with E-state index in [9.17, 15) is 5.11 Å². The predicted molar refractivity (Wildman–Crippen MR) is 108 cm³/mol. The molecule has 3 rings (SSSR count).